The molecular formula is C22H29BrN6O3Si. The van der Waals surface area contributed by atoms with Crippen molar-refractivity contribution in [2.75, 3.05) is 19.7 Å². The summed E-state index contributed by atoms with van der Waals surface area (Å²) in [6.07, 6.45) is 5.10. The summed E-state index contributed by atoms with van der Waals surface area (Å²) in [4.78, 5) is 36.8. The monoisotopic (exact) mass is 532 g/mol. The highest BCUT2D eigenvalue weighted by Gasteiger charge is 2.43. The van der Waals surface area contributed by atoms with Gasteiger partial charge in [0.05, 0.1) is 23.7 Å². The van der Waals surface area contributed by atoms with Crippen LogP contribution in [0.2, 0.25) is 25.7 Å². The van der Waals surface area contributed by atoms with Crippen LogP contribution in [0.5, 0.6) is 0 Å². The first kappa shape index (κ1) is 23.9. The Bertz CT molecular complexity index is 1100. The van der Waals surface area contributed by atoms with Crippen molar-refractivity contribution in [3.05, 3.63) is 22.6 Å². The number of nitrogens with zero attached hydrogens (tertiary/aromatic N) is 5. The summed E-state index contributed by atoms with van der Waals surface area (Å²) in [5.41, 5.74) is 1.39. The lowest BCUT2D eigenvalue weighted by molar-refractivity contribution is -0.138. The van der Waals surface area contributed by atoms with Crippen molar-refractivity contribution in [3.63, 3.8) is 0 Å². The second-order valence-electron chi connectivity index (χ2n) is 10.1. The molecule has 4 rings (SSSR count). The third-order valence-electron chi connectivity index (χ3n) is 6.03. The van der Waals surface area contributed by atoms with Gasteiger partial charge < -0.3 is 19.5 Å². The fourth-order valence-electron chi connectivity index (χ4n) is 3.80. The molecule has 2 fully saturated rings. The summed E-state index contributed by atoms with van der Waals surface area (Å²) in [5.74, 6) is -0.436. The maximum Gasteiger partial charge on any atom is 0.255 e. The number of aromatic nitrogens is 3. The van der Waals surface area contributed by atoms with Crippen LogP contribution in [0.25, 0.3) is 11.2 Å². The van der Waals surface area contributed by atoms with Gasteiger partial charge >= 0.3 is 0 Å². The highest BCUT2D eigenvalue weighted by Crippen LogP contribution is 2.35. The first-order chi connectivity index (χ1) is 15.7. The number of nitriles is 1. The van der Waals surface area contributed by atoms with E-state index >= 15 is 0 Å². The Morgan fingerprint density at radius 1 is 1.36 bits per heavy atom. The molecule has 2 aromatic heterocycles. The molecule has 2 aromatic rings. The van der Waals surface area contributed by atoms with E-state index in [9.17, 15) is 9.59 Å². The first-order valence-corrected chi connectivity index (χ1v) is 15.7. The van der Waals surface area contributed by atoms with Crippen molar-refractivity contribution in [1.82, 2.24) is 24.8 Å². The van der Waals surface area contributed by atoms with E-state index in [-0.39, 0.29) is 30.4 Å². The van der Waals surface area contributed by atoms with Crippen molar-refractivity contribution < 1.29 is 14.3 Å². The number of carbonyl (C=O) groups is 2. The molecule has 11 heteroatoms. The van der Waals surface area contributed by atoms with Gasteiger partial charge in [0.2, 0.25) is 5.91 Å². The lowest BCUT2D eigenvalue weighted by Crippen LogP contribution is -2.57. The van der Waals surface area contributed by atoms with Crippen LogP contribution < -0.4 is 5.32 Å². The van der Waals surface area contributed by atoms with Crippen molar-refractivity contribution >= 4 is 47.0 Å². The van der Waals surface area contributed by atoms with Gasteiger partial charge in [-0.05, 0) is 40.7 Å². The number of likely N-dealkylation sites (tertiary alicyclic amines) is 1. The largest absolute Gasteiger partial charge is 0.361 e. The summed E-state index contributed by atoms with van der Waals surface area (Å²) >= 11 is 3.34. The molecule has 3 heterocycles. The number of hydrogen-bond donors (Lipinski definition) is 1. The molecule has 1 saturated carbocycles. The summed E-state index contributed by atoms with van der Waals surface area (Å²) in [5, 5.41) is 11.9. The van der Waals surface area contributed by atoms with Gasteiger partial charge in [-0.1, -0.05) is 19.6 Å². The Kier molecular flexibility index (Phi) is 6.88. The zero-order valence-electron chi connectivity index (χ0n) is 19.2. The molecule has 1 aliphatic carbocycles. The molecule has 176 valence electrons. The van der Waals surface area contributed by atoms with Crippen molar-refractivity contribution in [2.24, 2.45) is 11.8 Å². The average Bonchev–Trinajstić information content (AvgIpc) is 3.49. The van der Waals surface area contributed by atoms with Crippen LogP contribution in [0.15, 0.2) is 17.0 Å². The Morgan fingerprint density at radius 2 is 2.09 bits per heavy atom. The second-order valence-corrected chi connectivity index (χ2v) is 16.5. The lowest BCUT2D eigenvalue weighted by atomic mass is 9.99. The third kappa shape index (κ3) is 5.62. The lowest BCUT2D eigenvalue weighted by Gasteiger charge is -2.37. The standard InChI is InChI=1S/C22H29BrN6O3Si/c1-33(2,3)7-6-32-13-29-12-16(19-20(29)25-9-17(23)26-19)21(30)27-18(15-4-5-15)22(31)28-10-14(8-24)11-28/h9,12,14-15,18H,4-7,10-11,13H2,1-3H3,(H,27,30)/t18-/m1/s1. The number of carbonyl (C=O) groups excluding carboxylic acids is 2. The van der Waals surface area contributed by atoms with Crippen LogP contribution in [0.1, 0.15) is 23.2 Å². The SMILES string of the molecule is C[Si](C)(C)CCOCn1cc(C(=O)N[C@@H](C(=O)N2CC(C#N)C2)C2CC2)c2nc(Br)cnc21. The normalized spacial score (nSPS) is 17.5. The molecule has 9 nitrogen and oxygen atoms in total. The summed E-state index contributed by atoms with van der Waals surface area (Å²) in [6, 6.07) is 2.65. The number of nitrogens with one attached hydrogen (secondary N) is 1. The van der Waals surface area contributed by atoms with Gasteiger partial charge in [-0.25, -0.2) is 9.97 Å². The number of hydrogen-bond acceptors (Lipinski definition) is 6. The van der Waals surface area contributed by atoms with Gasteiger partial charge in [0.15, 0.2) is 5.65 Å². The van der Waals surface area contributed by atoms with E-state index < -0.39 is 14.1 Å². The molecule has 0 unspecified atom stereocenters. The van der Waals surface area contributed by atoms with Gasteiger partial charge in [-0.15, -0.1) is 0 Å². The Balaban J connectivity index is 1.50. The van der Waals surface area contributed by atoms with E-state index in [1.165, 1.54) is 0 Å². The maximum absolute atomic E-state index is 13.3. The quantitative estimate of drug-likeness (QED) is 0.392. The molecule has 1 saturated heterocycles. The molecule has 0 bridgehead atoms. The van der Waals surface area contributed by atoms with Crippen molar-refractivity contribution in [3.8, 4) is 6.07 Å². The predicted octanol–water partition coefficient (Wildman–Crippen LogP) is 3.00. The minimum absolute atomic E-state index is 0.108. The topological polar surface area (TPSA) is 113 Å². The van der Waals surface area contributed by atoms with Gasteiger partial charge in [0, 0.05) is 34.0 Å². The third-order valence-corrected chi connectivity index (χ3v) is 8.12. The number of rotatable bonds is 9. The maximum atomic E-state index is 13.3. The van der Waals surface area contributed by atoms with Gasteiger partial charge in [-0.3, -0.25) is 9.59 Å². The van der Waals surface area contributed by atoms with E-state index in [4.69, 9.17) is 10.00 Å². The highest BCUT2D eigenvalue weighted by molar-refractivity contribution is 9.10. The van der Waals surface area contributed by atoms with E-state index in [0.29, 0.717) is 41.0 Å². The molecule has 1 atom stereocenters. The minimum Gasteiger partial charge on any atom is -0.361 e. The van der Waals surface area contributed by atoms with Gasteiger partial charge in [0.25, 0.3) is 5.91 Å². The Labute approximate surface area is 202 Å². The summed E-state index contributed by atoms with van der Waals surface area (Å²) in [7, 11) is -1.20. The van der Waals surface area contributed by atoms with Gasteiger partial charge in [-0.2, -0.15) is 5.26 Å². The van der Waals surface area contributed by atoms with E-state index in [1.54, 1.807) is 21.9 Å². The smallest absolute Gasteiger partial charge is 0.255 e. The molecule has 0 radical (unpaired) electrons. The van der Waals surface area contributed by atoms with Crippen LogP contribution in [0.4, 0.5) is 0 Å². The fourth-order valence-corrected chi connectivity index (χ4v) is 4.84. The summed E-state index contributed by atoms with van der Waals surface area (Å²) in [6.45, 7) is 8.68. The fraction of sp³-hybridized carbons (Fsp3) is 0.591. The second kappa shape index (κ2) is 9.52. The van der Waals surface area contributed by atoms with Crippen molar-refractivity contribution in [2.45, 2.75) is 51.3 Å². The Hall–Kier alpha value is -2.29. The van der Waals surface area contributed by atoms with Crippen LogP contribution in [0, 0.1) is 23.2 Å². The summed E-state index contributed by atoms with van der Waals surface area (Å²) < 4.78 is 8.18. The number of fused-ring (bicyclic) bond motifs is 1. The van der Waals surface area contributed by atoms with Crippen molar-refractivity contribution in [1.29, 1.82) is 5.26 Å². The number of amides is 2. The van der Waals surface area contributed by atoms with E-state index in [0.717, 1.165) is 18.9 Å². The molecule has 33 heavy (non-hydrogen) atoms. The molecular weight excluding hydrogens is 504 g/mol. The molecule has 1 N–H and O–H groups in total. The number of halogens is 1. The highest BCUT2D eigenvalue weighted by atomic mass is 79.9. The Morgan fingerprint density at radius 3 is 2.73 bits per heavy atom. The van der Waals surface area contributed by atoms with Crippen LogP contribution in [-0.2, 0) is 16.3 Å². The van der Waals surface area contributed by atoms with Gasteiger partial charge in [0.1, 0.15) is 22.9 Å². The van der Waals surface area contributed by atoms with E-state index in [1.807, 2.05) is 0 Å². The zero-order chi connectivity index (χ0) is 23.8. The molecule has 2 amide bonds. The minimum atomic E-state index is -1.20. The molecule has 1 aliphatic heterocycles. The average molecular weight is 534 g/mol. The molecule has 2 aliphatic rings. The van der Waals surface area contributed by atoms with Crippen LogP contribution in [0.3, 0.4) is 0 Å². The zero-order valence-corrected chi connectivity index (χ0v) is 21.8. The van der Waals surface area contributed by atoms with Crippen LogP contribution >= 0.6 is 15.9 Å². The molecule has 0 aromatic carbocycles. The first-order valence-electron chi connectivity index (χ1n) is 11.2. The predicted molar refractivity (Wildman–Crippen MR) is 129 cm³/mol. The van der Waals surface area contributed by atoms with Crippen LogP contribution in [-0.4, -0.2) is 65.1 Å². The number of ether oxygens (including phenoxy) is 1. The molecule has 0 spiro atoms. The van der Waals surface area contributed by atoms with E-state index in [2.05, 4.69) is 56.9 Å².